The first-order chi connectivity index (χ1) is 5.83. The first-order valence-corrected chi connectivity index (χ1v) is 4.19. The highest BCUT2D eigenvalue weighted by atomic mass is 16.3. The largest absolute Gasteiger partial charge is 0.390 e. The minimum Gasteiger partial charge on any atom is -0.390 e. The van der Waals surface area contributed by atoms with Gasteiger partial charge in [0.15, 0.2) is 0 Å². The maximum atomic E-state index is 9.08. The van der Waals surface area contributed by atoms with Crippen LogP contribution in [-0.2, 0) is 19.7 Å². The molecule has 1 aliphatic heterocycles. The van der Waals surface area contributed by atoms with Gasteiger partial charge in [0.1, 0.15) is 5.82 Å². The van der Waals surface area contributed by atoms with Gasteiger partial charge in [-0.2, -0.15) is 0 Å². The van der Waals surface area contributed by atoms with Crippen molar-refractivity contribution in [1.29, 1.82) is 0 Å². The van der Waals surface area contributed by atoms with Crippen molar-refractivity contribution < 1.29 is 5.11 Å². The molecule has 4 heteroatoms. The van der Waals surface area contributed by atoms with Crippen molar-refractivity contribution in [2.45, 2.75) is 26.6 Å². The summed E-state index contributed by atoms with van der Waals surface area (Å²) in [6.07, 6.45) is 0. The zero-order valence-corrected chi connectivity index (χ0v) is 7.17. The molecule has 0 aromatic carbocycles. The highest BCUT2D eigenvalue weighted by Gasteiger charge is 2.15. The molecule has 0 saturated carbocycles. The lowest BCUT2D eigenvalue weighted by atomic mass is 10.3. The molecule has 0 radical (unpaired) electrons. The number of aromatic nitrogens is 2. The van der Waals surface area contributed by atoms with Crippen LogP contribution in [0.25, 0.3) is 0 Å². The number of nitrogens with one attached hydrogen (secondary N) is 1. The summed E-state index contributed by atoms with van der Waals surface area (Å²) in [6, 6.07) is 0. The number of hydrogen-bond donors (Lipinski definition) is 2. The van der Waals surface area contributed by atoms with Crippen LogP contribution < -0.4 is 5.32 Å². The Bertz CT molecular complexity index is 293. The summed E-state index contributed by atoms with van der Waals surface area (Å²) in [7, 11) is 0. The SMILES string of the molecule is Cc1nc2n(c1CO)CCNC2. The molecule has 0 fully saturated rings. The molecular weight excluding hydrogens is 154 g/mol. The number of nitrogens with zero attached hydrogens (tertiary/aromatic N) is 2. The standard InChI is InChI=1S/C8H13N3O/c1-6-7(5-12)11-3-2-9-4-8(11)10-6/h9,12H,2-5H2,1H3. The van der Waals surface area contributed by atoms with Crippen molar-refractivity contribution in [3.8, 4) is 0 Å². The third kappa shape index (κ3) is 1.04. The molecule has 0 aliphatic carbocycles. The van der Waals surface area contributed by atoms with Gasteiger partial charge in [-0.1, -0.05) is 0 Å². The van der Waals surface area contributed by atoms with E-state index in [1.807, 2.05) is 6.92 Å². The van der Waals surface area contributed by atoms with Crippen LogP contribution in [0.15, 0.2) is 0 Å². The third-order valence-electron chi connectivity index (χ3n) is 2.30. The molecule has 2 heterocycles. The Balaban J connectivity index is 2.46. The number of rotatable bonds is 1. The van der Waals surface area contributed by atoms with E-state index in [1.54, 1.807) is 0 Å². The first kappa shape index (κ1) is 7.76. The molecule has 0 atom stereocenters. The van der Waals surface area contributed by atoms with Crippen molar-refractivity contribution >= 4 is 0 Å². The van der Waals surface area contributed by atoms with Gasteiger partial charge in [-0.15, -0.1) is 0 Å². The van der Waals surface area contributed by atoms with E-state index >= 15 is 0 Å². The van der Waals surface area contributed by atoms with Gasteiger partial charge in [0.2, 0.25) is 0 Å². The zero-order chi connectivity index (χ0) is 8.55. The smallest absolute Gasteiger partial charge is 0.123 e. The number of aliphatic hydroxyl groups excluding tert-OH is 1. The second-order valence-corrected chi connectivity index (χ2v) is 3.05. The van der Waals surface area contributed by atoms with Crippen LogP contribution >= 0.6 is 0 Å². The van der Waals surface area contributed by atoms with Crippen molar-refractivity contribution in [2.24, 2.45) is 0 Å². The van der Waals surface area contributed by atoms with Crippen LogP contribution in [0.2, 0.25) is 0 Å². The summed E-state index contributed by atoms with van der Waals surface area (Å²) in [4.78, 5) is 4.36. The fraction of sp³-hybridized carbons (Fsp3) is 0.625. The Morgan fingerprint density at radius 1 is 1.67 bits per heavy atom. The normalized spacial score (nSPS) is 16.2. The lowest BCUT2D eigenvalue weighted by Gasteiger charge is -2.16. The van der Waals surface area contributed by atoms with E-state index in [1.165, 1.54) is 0 Å². The molecular formula is C8H13N3O. The van der Waals surface area contributed by atoms with E-state index in [0.29, 0.717) is 0 Å². The zero-order valence-electron chi connectivity index (χ0n) is 7.17. The van der Waals surface area contributed by atoms with Gasteiger partial charge >= 0.3 is 0 Å². The van der Waals surface area contributed by atoms with Gasteiger partial charge in [0.05, 0.1) is 24.5 Å². The molecule has 4 nitrogen and oxygen atoms in total. The van der Waals surface area contributed by atoms with Crippen LogP contribution in [-0.4, -0.2) is 21.2 Å². The molecule has 0 bridgehead atoms. The van der Waals surface area contributed by atoms with Gasteiger partial charge in [-0.25, -0.2) is 4.98 Å². The molecule has 0 spiro atoms. The Morgan fingerprint density at radius 2 is 2.50 bits per heavy atom. The van der Waals surface area contributed by atoms with E-state index in [2.05, 4.69) is 14.9 Å². The number of fused-ring (bicyclic) bond motifs is 1. The Labute approximate surface area is 71.2 Å². The Morgan fingerprint density at radius 3 is 3.25 bits per heavy atom. The molecule has 0 amide bonds. The molecule has 0 unspecified atom stereocenters. The fourth-order valence-electron chi connectivity index (χ4n) is 1.66. The maximum absolute atomic E-state index is 9.08. The van der Waals surface area contributed by atoms with Crippen molar-refractivity contribution in [1.82, 2.24) is 14.9 Å². The minimum atomic E-state index is 0.0961. The monoisotopic (exact) mass is 167 g/mol. The summed E-state index contributed by atoms with van der Waals surface area (Å²) >= 11 is 0. The van der Waals surface area contributed by atoms with Gasteiger partial charge in [0.25, 0.3) is 0 Å². The Hall–Kier alpha value is -0.870. The highest BCUT2D eigenvalue weighted by molar-refractivity contribution is 5.16. The van der Waals surface area contributed by atoms with E-state index < -0.39 is 0 Å². The summed E-state index contributed by atoms with van der Waals surface area (Å²) in [5.74, 6) is 1.04. The van der Waals surface area contributed by atoms with Gasteiger partial charge < -0.3 is 15.0 Å². The predicted molar refractivity (Wildman–Crippen MR) is 44.6 cm³/mol. The van der Waals surface area contributed by atoms with Crippen LogP contribution in [0.5, 0.6) is 0 Å². The average Bonchev–Trinajstić information content (AvgIpc) is 2.40. The average molecular weight is 167 g/mol. The van der Waals surface area contributed by atoms with Crippen LogP contribution in [0, 0.1) is 6.92 Å². The molecule has 0 saturated heterocycles. The summed E-state index contributed by atoms with van der Waals surface area (Å²) in [5, 5.41) is 12.3. The van der Waals surface area contributed by atoms with Crippen molar-refractivity contribution in [3.63, 3.8) is 0 Å². The summed E-state index contributed by atoms with van der Waals surface area (Å²) < 4.78 is 2.10. The lowest BCUT2D eigenvalue weighted by Crippen LogP contribution is -2.29. The van der Waals surface area contributed by atoms with Crippen LogP contribution in [0.3, 0.4) is 0 Å². The number of hydrogen-bond acceptors (Lipinski definition) is 3. The molecule has 2 rings (SSSR count). The predicted octanol–water partition coefficient (Wildman–Crippen LogP) is -0.213. The lowest BCUT2D eigenvalue weighted by molar-refractivity contribution is 0.267. The van der Waals surface area contributed by atoms with Gasteiger partial charge in [0, 0.05) is 13.1 Å². The first-order valence-electron chi connectivity index (χ1n) is 4.19. The Kier molecular flexibility index (Phi) is 1.86. The molecule has 1 aromatic heterocycles. The second-order valence-electron chi connectivity index (χ2n) is 3.05. The second kappa shape index (κ2) is 2.88. The van der Waals surface area contributed by atoms with Crippen molar-refractivity contribution in [2.75, 3.05) is 6.54 Å². The molecule has 12 heavy (non-hydrogen) atoms. The van der Waals surface area contributed by atoms with Gasteiger partial charge in [-0.05, 0) is 6.92 Å². The highest BCUT2D eigenvalue weighted by Crippen LogP contribution is 2.13. The number of imidazole rings is 1. The molecule has 66 valence electrons. The fourth-order valence-corrected chi connectivity index (χ4v) is 1.66. The summed E-state index contributed by atoms with van der Waals surface area (Å²) in [6.45, 7) is 4.75. The number of aliphatic hydroxyl groups is 1. The van der Waals surface area contributed by atoms with E-state index in [4.69, 9.17) is 5.11 Å². The van der Waals surface area contributed by atoms with Crippen LogP contribution in [0.1, 0.15) is 17.2 Å². The molecule has 2 N–H and O–H groups in total. The van der Waals surface area contributed by atoms with E-state index in [-0.39, 0.29) is 6.61 Å². The van der Waals surface area contributed by atoms with E-state index in [9.17, 15) is 0 Å². The van der Waals surface area contributed by atoms with Crippen LogP contribution in [0.4, 0.5) is 0 Å². The summed E-state index contributed by atoms with van der Waals surface area (Å²) in [5.41, 5.74) is 1.92. The third-order valence-corrected chi connectivity index (χ3v) is 2.30. The quantitative estimate of drug-likeness (QED) is 0.608. The maximum Gasteiger partial charge on any atom is 0.123 e. The van der Waals surface area contributed by atoms with Gasteiger partial charge in [-0.3, -0.25) is 0 Å². The van der Waals surface area contributed by atoms with Crippen molar-refractivity contribution in [3.05, 3.63) is 17.2 Å². The molecule has 1 aliphatic rings. The number of aryl methyl sites for hydroxylation is 1. The van der Waals surface area contributed by atoms with E-state index in [0.717, 1.165) is 36.8 Å². The minimum absolute atomic E-state index is 0.0961. The topological polar surface area (TPSA) is 50.1 Å². The molecule has 1 aromatic rings.